The maximum Gasteiger partial charge on any atom is 0.417 e. The van der Waals surface area contributed by atoms with Crippen LogP contribution in [0.3, 0.4) is 0 Å². The van der Waals surface area contributed by atoms with Crippen molar-refractivity contribution in [2.24, 2.45) is 46.3 Å². The molecule has 0 aliphatic heterocycles. The second-order valence-electron chi connectivity index (χ2n) is 12.5. The van der Waals surface area contributed by atoms with Crippen molar-refractivity contribution in [3.05, 3.63) is 0 Å². The second kappa shape index (κ2) is 7.89. The Balaban J connectivity index is 1.50. The molecule has 10 atom stereocenters. The predicted molar refractivity (Wildman–Crippen MR) is 116 cm³/mol. The minimum absolute atomic E-state index is 0.0133. The summed E-state index contributed by atoms with van der Waals surface area (Å²) in [6.07, 6.45) is 4.19. The van der Waals surface area contributed by atoms with Crippen LogP contribution in [0.2, 0.25) is 0 Å². The van der Waals surface area contributed by atoms with E-state index >= 15 is 0 Å². The SMILES string of the molecule is C[C@@H](O)CC[C@H](C)[C@@H]1CC[C@H]2[C@@H]3CC[C@H]4C[C@](O)(C(F)(F)F)CC[C@]4(C)[C@H]3CC[C@@]21C. The molecule has 0 spiro atoms. The Morgan fingerprint density at radius 3 is 2.19 bits per heavy atom. The average Bonchev–Trinajstić information content (AvgIpc) is 3.03. The summed E-state index contributed by atoms with van der Waals surface area (Å²) in [6.45, 7) is 9.00. The first-order chi connectivity index (χ1) is 14.3. The molecule has 4 aliphatic rings. The maximum atomic E-state index is 13.5. The number of fused-ring (bicyclic) bond motifs is 5. The van der Waals surface area contributed by atoms with Gasteiger partial charge in [0.25, 0.3) is 0 Å². The first kappa shape index (κ1) is 23.9. The molecule has 5 heteroatoms. The summed E-state index contributed by atoms with van der Waals surface area (Å²) in [7, 11) is 0. The number of hydrogen-bond acceptors (Lipinski definition) is 2. The lowest BCUT2D eigenvalue weighted by molar-refractivity contribution is -0.290. The van der Waals surface area contributed by atoms with Gasteiger partial charge in [0.1, 0.15) is 0 Å². The third-order valence-electron chi connectivity index (χ3n) is 11.1. The molecule has 4 aliphatic carbocycles. The standard InChI is InChI=1S/C26H43F3O2/c1-16(5-6-17(2)30)20-9-10-21-19-8-7-18-15-25(31,26(27,28)29)14-13-23(18,3)22(19)11-12-24(20,21)4/h16-22,30-31H,5-15H2,1-4H3/t16-,17+,18-,19-,20-,21-,22-,23-,24+,25-/m0/s1. The molecule has 0 unspecified atom stereocenters. The molecule has 4 fully saturated rings. The zero-order valence-electron chi connectivity index (χ0n) is 19.8. The third-order valence-corrected chi connectivity index (χ3v) is 11.1. The summed E-state index contributed by atoms with van der Waals surface area (Å²) in [6, 6.07) is 0. The van der Waals surface area contributed by atoms with E-state index in [1.54, 1.807) is 0 Å². The molecule has 31 heavy (non-hydrogen) atoms. The highest BCUT2D eigenvalue weighted by molar-refractivity contribution is 5.11. The monoisotopic (exact) mass is 444 g/mol. The molecule has 4 saturated carbocycles. The van der Waals surface area contributed by atoms with Gasteiger partial charge in [0, 0.05) is 0 Å². The minimum Gasteiger partial charge on any atom is -0.393 e. The Kier molecular flexibility index (Phi) is 6.07. The van der Waals surface area contributed by atoms with Gasteiger partial charge in [0.05, 0.1) is 6.10 Å². The summed E-state index contributed by atoms with van der Waals surface area (Å²) >= 11 is 0. The van der Waals surface area contributed by atoms with Gasteiger partial charge >= 0.3 is 6.18 Å². The molecule has 2 N–H and O–H groups in total. The molecular weight excluding hydrogens is 401 g/mol. The molecule has 0 aromatic heterocycles. The number of halogens is 3. The van der Waals surface area contributed by atoms with Crippen LogP contribution in [-0.4, -0.2) is 28.1 Å². The predicted octanol–water partition coefficient (Wildman–Crippen LogP) is 6.74. The molecule has 0 bridgehead atoms. The van der Waals surface area contributed by atoms with E-state index in [9.17, 15) is 23.4 Å². The lowest BCUT2D eigenvalue weighted by atomic mass is 9.43. The average molecular weight is 445 g/mol. The van der Waals surface area contributed by atoms with Crippen LogP contribution >= 0.6 is 0 Å². The van der Waals surface area contributed by atoms with Crippen LogP contribution in [0.15, 0.2) is 0 Å². The molecular formula is C26H43F3O2. The summed E-state index contributed by atoms with van der Waals surface area (Å²) in [4.78, 5) is 0. The molecule has 2 nitrogen and oxygen atoms in total. The van der Waals surface area contributed by atoms with Crippen LogP contribution in [0, 0.1) is 46.3 Å². The van der Waals surface area contributed by atoms with E-state index in [0.29, 0.717) is 41.4 Å². The van der Waals surface area contributed by atoms with Crippen molar-refractivity contribution >= 4 is 0 Å². The fourth-order valence-electron chi connectivity index (χ4n) is 9.18. The summed E-state index contributed by atoms with van der Waals surface area (Å²) < 4.78 is 40.6. The van der Waals surface area contributed by atoms with Crippen molar-refractivity contribution in [1.29, 1.82) is 0 Å². The molecule has 4 rings (SSSR count). The topological polar surface area (TPSA) is 40.5 Å². The normalized spacial score (nSPS) is 49.6. The van der Waals surface area contributed by atoms with Gasteiger partial charge in [-0.3, -0.25) is 0 Å². The maximum absolute atomic E-state index is 13.5. The summed E-state index contributed by atoms with van der Waals surface area (Å²) in [5.74, 6) is 3.13. The van der Waals surface area contributed by atoms with E-state index in [0.717, 1.165) is 32.1 Å². The Hall–Kier alpha value is -0.290. The van der Waals surface area contributed by atoms with Gasteiger partial charge in [-0.1, -0.05) is 20.8 Å². The molecule has 0 amide bonds. The number of hydrogen-bond donors (Lipinski definition) is 2. The molecule has 180 valence electrons. The number of alkyl halides is 3. The van der Waals surface area contributed by atoms with Crippen molar-refractivity contribution in [3.63, 3.8) is 0 Å². The van der Waals surface area contributed by atoms with Gasteiger partial charge in [-0.05, 0) is 124 Å². The van der Waals surface area contributed by atoms with Gasteiger partial charge in [0.2, 0.25) is 0 Å². The fourth-order valence-corrected chi connectivity index (χ4v) is 9.18. The van der Waals surface area contributed by atoms with Crippen LogP contribution in [0.4, 0.5) is 13.2 Å². The van der Waals surface area contributed by atoms with Crippen molar-refractivity contribution < 1.29 is 23.4 Å². The molecule has 0 saturated heterocycles. The van der Waals surface area contributed by atoms with Gasteiger partial charge in [-0.15, -0.1) is 0 Å². The van der Waals surface area contributed by atoms with Gasteiger partial charge in [-0.25, -0.2) is 0 Å². The highest BCUT2D eigenvalue weighted by atomic mass is 19.4. The van der Waals surface area contributed by atoms with Crippen LogP contribution in [0.25, 0.3) is 0 Å². The van der Waals surface area contributed by atoms with Crippen LogP contribution in [0.1, 0.15) is 98.3 Å². The summed E-state index contributed by atoms with van der Waals surface area (Å²) in [5.41, 5.74) is -2.20. The van der Waals surface area contributed by atoms with Crippen LogP contribution in [-0.2, 0) is 0 Å². The Morgan fingerprint density at radius 2 is 1.55 bits per heavy atom. The van der Waals surface area contributed by atoms with Crippen molar-refractivity contribution in [2.45, 2.75) is 116 Å². The Bertz CT molecular complexity index is 664. The van der Waals surface area contributed by atoms with E-state index < -0.39 is 11.8 Å². The lowest BCUT2D eigenvalue weighted by Crippen LogP contribution is -2.59. The van der Waals surface area contributed by atoms with Gasteiger partial charge in [0.15, 0.2) is 5.60 Å². The minimum atomic E-state index is -4.52. The first-order valence-electron chi connectivity index (χ1n) is 12.8. The van der Waals surface area contributed by atoms with E-state index in [1.807, 2.05) is 6.92 Å². The van der Waals surface area contributed by atoms with Crippen LogP contribution in [0.5, 0.6) is 0 Å². The number of aliphatic hydroxyl groups excluding tert-OH is 1. The second-order valence-corrected chi connectivity index (χ2v) is 12.5. The van der Waals surface area contributed by atoms with Gasteiger partial charge in [-0.2, -0.15) is 13.2 Å². The van der Waals surface area contributed by atoms with E-state index in [1.165, 1.54) is 19.3 Å². The first-order valence-corrected chi connectivity index (χ1v) is 12.8. The third kappa shape index (κ3) is 3.78. The lowest BCUT2D eigenvalue weighted by Gasteiger charge is -2.62. The quantitative estimate of drug-likeness (QED) is 0.504. The zero-order valence-corrected chi connectivity index (χ0v) is 19.8. The number of rotatable bonds is 4. The molecule has 0 heterocycles. The van der Waals surface area contributed by atoms with Crippen molar-refractivity contribution in [2.75, 3.05) is 0 Å². The largest absolute Gasteiger partial charge is 0.417 e. The van der Waals surface area contributed by atoms with E-state index in [2.05, 4.69) is 20.8 Å². The zero-order chi connectivity index (χ0) is 22.8. The highest BCUT2D eigenvalue weighted by Gasteiger charge is 2.65. The Morgan fingerprint density at radius 1 is 0.871 bits per heavy atom. The highest BCUT2D eigenvalue weighted by Crippen LogP contribution is 2.69. The van der Waals surface area contributed by atoms with Crippen molar-refractivity contribution in [1.82, 2.24) is 0 Å². The van der Waals surface area contributed by atoms with E-state index in [4.69, 9.17) is 0 Å². The molecule has 0 aromatic rings. The fraction of sp³-hybridized carbons (Fsp3) is 1.00. The number of aliphatic hydroxyl groups is 2. The van der Waals surface area contributed by atoms with Crippen molar-refractivity contribution in [3.8, 4) is 0 Å². The smallest absolute Gasteiger partial charge is 0.393 e. The Labute approximate surface area is 186 Å². The molecule has 0 radical (unpaired) electrons. The van der Waals surface area contributed by atoms with Gasteiger partial charge < -0.3 is 10.2 Å². The van der Waals surface area contributed by atoms with Crippen LogP contribution < -0.4 is 0 Å². The summed E-state index contributed by atoms with van der Waals surface area (Å²) in [5, 5.41) is 20.1. The van der Waals surface area contributed by atoms with E-state index in [-0.39, 0.29) is 30.3 Å². The molecule has 0 aromatic carbocycles.